The Kier molecular flexibility index (Phi) is 3.10. The van der Waals surface area contributed by atoms with Gasteiger partial charge in [-0.1, -0.05) is 17.7 Å². The Morgan fingerprint density at radius 3 is 2.50 bits per heavy atom. The molecule has 0 bridgehead atoms. The smallest absolute Gasteiger partial charge is 0.340 e. The second-order valence-electron chi connectivity index (χ2n) is 5.25. The number of anilines is 1. The van der Waals surface area contributed by atoms with Crippen LogP contribution in [0.5, 0.6) is 0 Å². The standard InChI is InChI=1S/C15H15N3O3S/c1-9-3-6-14(10(2)7-9)22(20,21)18-13-5-4-11(16)8-12(13)17-15(18)19/h3-8H,16H2,1-2H3,(H,17,19). The average Bonchev–Trinajstić information content (AvgIpc) is 2.73. The Morgan fingerprint density at radius 2 is 1.82 bits per heavy atom. The molecule has 3 N–H and O–H groups in total. The van der Waals surface area contributed by atoms with Crippen molar-refractivity contribution >= 4 is 26.7 Å². The highest BCUT2D eigenvalue weighted by Crippen LogP contribution is 2.22. The molecule has 0 atom stereocenters. The van der Waals surface area contributed by atoms with Gasteiger partial charge in [0.05, 0.1) is 15.9 Å². The molecule has 3 aromatic rings. The lowest BCUT2D eigenvalue weighted by Gasteiger charge is -2.09. The Labute approximate surface area is 127 Å². The van der Waals surface area contributed by atoms with Gasteiger partial charge in [0.25, 0.3) is 10.0 Å². The van der Waals surface area contributed by atoms with E-state index in [9.17, 15) is 13.2 Å². The first-order valence-corrected chi connectivity index (χ1v) is 8.08. The molecule has 22 heavy (non-hydrogen) atoms. The maximum atomic E-state index is 12.9. The Bertz CT molecular complexity index is 1050. The van der Waals surface area contributed by atoms with Crippen LogP contribution in [0, 0.1) is 13.8 Å². The molecule has 7 heteroatoms. The van der Waals surface area contributed by atoms with Gasteiger partial charge in [0.15, 0.2) is 0 Å². The van der Waals surface area contributed by atoms with E-state index < -0.39 is 15.7 Å². The summed E-state index contributed by atoms with van der Waals surface area (Å²) in [5.74, 6) is 0. The van der Waals surface area contributed by atoms with Crippen molar-refractivity contribution in [3.8, 4) is 0 Å². The fourth-order valence-corrected chi connectivity index (χ4v) is 4.12. The Hall–Kier alpha value is -2.54. The molecule has 0 aliphatic rings. The third-order valence-corrected chi connectivity index (χ3v) is 5.37. The molecule has 0 radical (unpaired) electrons. The van der Waals surface area contributed by atoms with Crippen LogP contribution < -0.4 is 11.4 Å². The van der Waals surface area contributed by atoms with Gasteiger partial charge >= 0.3 is 5.69 Å². The van der Waals surface area contributed by atoms with E-state index in [1.807, 2.05) is 6.92 Å². The van der Waals surface area contributed by atoms with Crippen LogP contribution in [0.4, 0.5) is 5.69 Å². The minimum Gasteiger partial charge on any atom is -0.399 e. The summed E-state index contributed by atoms with van der Waals surface area (Å²) in [6.45, 7) is 3.59. The summed E-state index contributed by atoms with van der Waals surface area (Å²) >= 11 is 0. The summed E-state index contributed by atoms with van der Waals surface area (Å²) in [4.78, 5) is 14.8. The normalized spacial score (nSPS) is 11.9. The van der Waals surface area contributed by atoms with E-state index in [1.165, 1.54) is 18.2 Å². The molecule has 2 aromatic carbocycles. The third kappa shape index (κ3) is 2.10. The van der Waals surface area contributed by atoms with Crippen molar-refractivity contribution in [3.05, 3.63) is 58.0 Å². The third-order valence-electron chi connectivity index (χ3n) is 3.51. The lowest BCUT2D eigenvalue weighted by atomic mass is 10.2. The number of nitrogens with zero attached hydrogens (tertiary/aromatic N) is 1. The van der Waals surface area contributed by atoms with Crippen LogP contribution in [0.2, 0.25) is 0 Å². The van der Waals surface area contributed by atoms with Gasteiger partial charge < -0.3 is 10.7 Å². The van der Waals surface area contributed by atoms with Gasteiger partial charge in [-0.25, -0.2) is 13.2 Å². The number of H-pyrrole nitrogens is 1. The van der Waals surface area contributed by atoms with Gasteiger partial charge in [-0.15, -0.1) is 0 Å². The summed E-state index contributed by atoms with van der Waals surface area (Å²) in [6, 6.07) is 9.60. The molecular weight excluding hydrogens is 302 g/mol. The number of aromatic nitrogens is 2. The molecule has 0 aliphatic heterocycles. The van der Waals surface area contributed by atoms with Gasteiger partial charge in [0.1, 0.15) is 0 Å². The van der Waals surface area contributed by atoms with Gasteiger partial charge in [0.2, 0.25) is 0 Å². The predicted molar refractivity (Wildman–Crippen MR) is 85.5 cm³/mol. The first-order chi connectivity index (χ1) is 10.3. The van der Waals surface area contributed by atoms with Crippen LogP contribution in [0.25, 0.3) is 11.0 Å². The first-order valence-electron chi connectivity index (χ1n) is 6.64. The zero-order valence-electron chi connectivity index (χ0n) is 12.1. The van der Waals surface area contributed by atoms with Gasteiger partial charge in [0, 0.05) is 5.69 Å². The molecule has 1 heterocycles. The first kappa shape index (κ1) is 14.4. The lowest BCUT2D eigenvalue weighted by molar-refractivity contribution is 0.586. The predicted octanol–water partition coefficient (Wildman–Crippen LogP) is 1.77. The highest BCUT2D eigenvalue weighted by Gasteiger charge is 2.24. The second kappa shape index (κ2) is 4.74. The molecule has 6 nitrogen and oxygen atoms in total. The van der Waals surface area contributed by atoms with E-state index in [1.54, 1.807) is 25.1 Å². The van der Waals surface area contributed by atoms with Crippen LogP contribution in [0.1, 0.15) is 11.1 Å². The number of nitrogens with one attached hydrogen (secondary N) is 1. The molecule has 3 rings (SSSR count). The van der Waals surface area contributed by atoms with Crippen molar-refractivity contribution in [2.24, 2.45) is 0 Å². The van der Waals surface area contributed by atoms with Crippen molar-refractivity contribution in [2.45, 2.75) is 18.7 Å². The number of rotatable bonds is 2. The van der Waals surface area contributed by atoms with E-state index in [0.29, 0.717) is 16.8 Å². The van der Waals surface area contributed by atoms with Crippen LogP contribution in [-0.4, -0.2) is 17.4 Å². The van der Waals surface area contributed by atoms with E-state index >= 15 is 0 Å². The lowest BCUT2D eigenvalue weighted by Crippen LogP contribution is -2.25. The summed E-state index contributed by atoms with van der Waals surface area (Å²) in [6.07, 6.45) is 0. The molecule has 1 aromatic heterocycles. The Morgan fingerprint density at radius 1 is 1.09 bits per heavy atom. The van der Waals surface area contributed by atoms with Crippen molar-refractivity contribution in [1.82, 2.24) is 8.96 Å². The fourth-order valence-electron chi connectivity index (χ4n) is 2.53. The van der Waals surface area contributed by atoms with Crippen LogP contribution >= 0.6 is 0 Å². The second-order valence-corrected chi connectivity index (χ2v) is 7.00. The van der Waals surface area contributed by atoms with Crippen LogP contribution in [0.3, 0.4) is 0 Å². The van der Waals surface area contributed by atoms with E-state index in [0.717, 1.165) is 9.54 Å². The number of nitrogen functional groups attached to an aromatic ring is 1. The molecule has 0 fully saturated rings. The number of hydrogen-bond donors (Lipinski definition) is 2. The number of hydrogen-bond acceptors (Lipinski definition) is 4. The fraction of sp³-hybridized carbons (Fsp3) is 0.133. The number of nitrogens with two attached hydrogens (primary N) is 1. The number of fused-ring (bicyclic) bond motifs is 1. The highest BCUT2D eigenvalue weighted by molar-refractivity contribution is 7.90. The molecule has 0 spiro atoms. The molecule has 0 unspecified atom stereocenters. The van der Waals surface area contributed by atoms with Crippen LogP contribution in [-0.2, 0) is 10.0 Å². The van der Waals surface area contributed by atoms with E-state index in [2.05, 4.69) is 4.98 Å². The number of imidazole rings is 1. The molecule has 0 saturated heterocycles. The number of aromatic amines is 1. The zero-order valence-corrected chi connectivity index (χ0v) is 12.9. The van der Waals surface area contributed by atoms with Crippen molar-refractivity contribution < 1.29 is 8.42 Å². The van der Waals surface area contributed by atoms with Crippen molar-refractivity contribution in [2.75, 3.05) is 5.73 Å². The maximum absolute atomic E-state index is 12.9. The minimum absolute atomic E-state index is 0.109. The molecule has 0 aliphatic carbocycles. The largest absolute Gasteiger partial charge is 0.399 e. The van der Waals surface area contributed by atoms with E-state index in [4.69, 9.17) is 5.73 Å². The van der Waals surface area contributed by atoms with Gasteiger partial charge in [-0.3, -0.25) is 0 Å². The SMILES string of the molecule is Cc1ccc(S(=O)(=O)n2c(=O)[nH]c3cc(N)ccc32)c(C)c1. The summed E-state index contributed by atoms with van der Waals surface area (Å²) in [5.41, 5.74) is 7.62. The summed E-state index contributed by atoms with van der Waals surface area (Å²) < 4.78 is 26.5. The minimum atomic E-state index is -3.98. The van der Waals surface area contributed by atoms with Gasteiger partial charge in [-0.05, 0) is 43.7 Å². The zero-order chi connectivity index (χ0) is 16.1. The molecule has 0 saturated carbocycles. The van der Waals surface area contributed by atoms with Crippen LogP contribution in [0.15, 0.2) is 46.1 Å². The maximum Gasteiger partial charge on any atom is 0.340 e. The Balaban J connectivity index is 2.35. The monoisotopic (exact) mass is 317 g/mol. The summed E-state index contributed by atoms with van der Waals surface area (Å²) in [7, 11) is -3.98. The number of benzene rings is 2. The van der Waals surface area contributed by atoms with Gasteiger partial charge in [-0.2, -0.15) is 3.97 Å². The topological polar surface area (TPSA) is 98.0 Å². The van der Waals surface area contributed by atoms with E-state index in [-0.39, 0.29) is 10.4 Å². The van der Waals surface area contributed by atoms with Crippen molar-refractivity contribution in [3.63, 3.8) is 0 Å². The molecule has 0 amide bonds. The molecule has 114 valence electrons. The number of aryl methyl sites for hydroxylation is 2. The highest BCUT2D eigenvalue weighted by atomic mass is 32.2. The quantitative estimate of drug-likeness (QED) is 0.704. The summed E-state index contributed by atoms with van der Waals surface area (Å²) in [5, 5.41) is 0. The average molecular weight is 317 g/mol. The molecular formula is C15H15N3O3S. The van der Waals surface area contributed by atoms with Crippen molar-refractivity contribution in [1.29, 1.82) is 0 Å².